The van der Waals surface area contributed by atoms with Gasteiger partial charge >= 0.3 is 0 Å². The van der Waals surface area contributed by atoms with E-state index in [-0.39, 0.29) is 5.82 Å². The van der Waals surface area contributed by atoms with Crippen LogP contribution in [0.1, 0.15) is 11.1 Å². The largest absolute Gasteiger partial charge is 0.343 e. The van der Waals surface area contributed by atoms with Crippen LogP contribution in [0.15, 0.2) is 48.7 Å². The van der Waals surface area contributed by atoms with Crippen LogP contribution in [-0.2, 0) is 6.54 Å². The second-order valence-electron chi connectivity index (χ2n) is 4.76. The molecule has 0 aliphatic rings. The van der Waals surface area contributed by atoms with E-state index in [1.54, 1.807) is 6.07 Å². The molecule has 1 N–H and O–H groups in total. The van der Waals surface area contributed by atoms with Crippen LogP contribution >= 0.6 is 9.24 Å². The summed E-state index contributed by atoms with van der Waals surface area (Å²) in [6, 6.07) is 12.9. The van der Waals surface area contributed by atoms with Crippen LogP contribution in [0.4, 0.5) is 4.39 Å². The van der Waals surface area contributed by atoms with Crippen molar-refractivity contribution in [3.8, 4) is 0 Å². The predicted molar refractivity (Wildman–Crippen MR) is 84.7 cm³/mol. The van der Waals surface area contributed by atoms with Gasteiger partial charge in [0.05, 0.1) is 0 Å². The lowest BCUT2D eigenvalue weighted by atomic mass is 10.1. The molecule has 3 aromatic rings. The van der Waals surface area contributed by atoms with Crippen molar-refractivity contribution in [3.63, 3.8) is 0 Å². The van der Waals surface area contributed by atoms with Gasteiger partial charge in [-0.15, -0.1) is 9.24 Å². The van der Waals surface area contributed by atoms with E-state index in [2.05, 4.69) is 13.8 Å². The van der Waals surface area contributed by atoms with Gasteiger partial charge in [-0.05, 0) is 41.2 Å². The van der Waals surface area contributed by atoms with E-state index in [1.165, 1.54) is 12.3 Å². The van der Waals surface area contributed by atoms with Crippen LogP contribution < -0.4 is 5.30 Å². The maximum Gasteiger partial charge on any atom is 0.124 e. The molecule has 2 nitrogen and oxygen atoms in total. The minimum absolute atomic E-state index is 0.218. The molecule has 0 radical (unpaired) electrons. The highest BCUT2D eigenvalue weighted by Crippen LogP contribution is 2.20. The molecule has 1 atom stereocenters. The average Bonchev–Trinajstić information content (AvgIpc) is 2.81. The molecule has 2 aromatic carbocycles. The summed E-state index contributed by atoms with van der Waals surface area (Å²) in [5.41, 5.74) is 2.88. The molecule has 0 bridgehead atoms. The molecule has 3 rings (SSSR count). The van der Waals surface area contributed by atoms with E-state index in [1.807, 2.05) is 36.5 Å². The molecule has 0 saturated heterocycles. The van der Waals surface area contributed by atoms with Gasteiger partial charge in [-0.3, -0.25) is 0 Å². The summed E-state index contributed by atoms with van der Waals surface area (Å²) in [6.45, 7) is 0.615. The minimum atomic E-state index is -0.218. The highest BCUT2D eigenvalue weighted by molar-refractivity contribution is 7.27. The summed E-state index contributed by atoms with van der Waals surface area (Å²) in [4.78, 5) is 0. The van der Waals surface area contributed by atoms with Crippen LogP contribution in [0.25, 0.3) is 10.9 Å². The smallest absolute Gasteiger partial charge is 0.124 e. The Labute approximate surface area is 118 Å². The Kier molecular flexibility index (Phi) is 3.37. The van der Waals surface area contributed by atoms with Gasteiger partial charge in [-0.2, -0.15) is 0 Å². The van der Waals surface area contributed by atoms with Crippen molar-refractivity contribution in [2.24, 2.45) is 0 Å². The van der Waals surface area contributed by atoms with Gasteiger partial charge in [0.2, 0.25) is 0 Å². The first-order chi connectivity index (χ1) is 9.67. The van der Waals surface area contributed by atoms with Gasteiger partial charge in [0.25, 0.3) is 0 Å². The van der Waals surface area contributed by atoms with Crippen molar-refractivity contribution in [2.45, 2.75) is 6.54 Å². The van der Waals surface area contributed by atoms with Gasteiger partial charge in [-0.25, -0.2) is 4.39 Å². The number of nitrogens with one attached hydrogen (secondary N) is 1. The van der Waals surface area contributed by atoms with Crippen LogP contribution in [0.5, 0.6) is 0 Å². The third kappa shape index (κ3) is 2.37. The van der Waals surface area contributed by atoms with E-state index in [4.69, 9.17) is 5.41 Å². The molecule has 0 saturated carbocycles. The predicted octanol–water partition coefficient (Wildman–Crippen LogP) is 3.33. The first kappa shape index (κ1) is 13.0. The molecular weight excluding hydrogens is 270 g/mol. The Morgan fingerprint density at radius 3 is 2.80 bits per heavy atom. The zero-order valence-electron chi connectivity index (χ0n) is 10.8. The van der Waals surface area contributed by atoms with E-state index in [0.717, 1.165) is 27.3 Å². The topological polar surface area (TPSA) is 28.8 Å². The van der Waals surface area contributed by atoms with Gasteiger partial charge in [0.1, 0.15) is 5.82 Å². The molecule has 0 aliphatic carbocycles. The molecule has 0 spiro atoms. The van der Waals surface area contributed by atoms with E-state index < -0.39 is 0 Å². The average molecular weight is 284 g/mol. The van der Waals surface area contributed by atoms with E-state index in [9.17, 15) is 4.39 Å². The lowest BCUT2D eigenvalue weighted by Gasteiger charge is -2.07. The maximum absolute atomic E-state index is 13.4. The van der Waals surface area contributed by atoms with Gasteiger partial charge < -0.3 is 9.98 Å². The Morgan fingerprint density at radius 2 is 2.05 bits per heavy atom. The number of aromatic nitrogens is 1. The quantitative estimate of drug-likeness (QED) is 0.564. The Balaban J connectivity index is 2.05. The van der Waals surface area contributed by atoms with Gasteiger partial charge in [-0.1, -0.05) is 12.1 Å². The van der Waals surface area contributed by atoms with E-state index in [0.29, 0.717) is 6.54 Å². The van der Waals surface area contributed by atoms with Crippen molar-refractivity contribution in [3.05, 3.63) is 65.6 Å². The SMILES string of the molecule is N=Cc1cccc2c1ccn2Cc1cc(F)cc(P)c1. The molecule has 20 heavy (non-hydrogen) atoms. The molecule has 1 aromatic heterocycles. The Bertz CT molecular complexity index is 772. The number of hydrogen-bond donors (Lipinski definition) is 1. The first-order valence-electron chi connectivity index (χ1n) is 6.30. The normalized spacial score (nSPS) is 10.9. The molecular formula is C16H14FN2P. The van der Waals surface area contributed by atoms with Crippen molar-refractivity contribution < 1.29 is 4.39 Å². The summed E-state index contributed by atoms with van der Waals surface area (Å²) >= 11 is 0. The lowest BCUT2D eigenvalue weighted by Crippen LogP contribution is -2.02. The highest BCUT2D eigenvalue weighted by atomic mass is 31.0. The van der Waals surface area contributed by atoms with E-state index >= 15 is 0 Å². The number of nitrogens with zero attached hydrogens (tertiary/aromatic N) is 1. The summed E-state index contributed by atoms with van der Waals surface area (Å²) in [7, 11) is 2.52. The third-order valence-electron chi connectivity index (χ3n) is 3.34. The number of halogens is 1. The highest BCUT2D eigenvalue weighted by Gasteiger charge is 2.05. The third-order valence-corrected chi connectivity index (χ3v) is 3.67. The van der Waals surface area contributed by atoms with Crippen molar-refractivity contribution >= 4 is 31.7 Å². The Morgan fingerprint density at radius 1 is 1.20 bits per heavy atom. The maximum atomic E-state index is 13.4. The van der Waals surface area contributed by atoms with Gasteiger partial charge in [0.15, 0.2) is 0 Å². The van der Waals surface area contributed by atoms with Crippen LogP contribution in [0.2, 0.25) is 0 Å². The summed E-state index contributed by atoms with van der Waals surface area (Å²) in [5, 5.41) is 9.32. The Hall–Kier alpha value is -1.99. The minimum Gasteiger partial charge on any atom is -0.343 e. The fourth-order valence-corrected chi connectivity index (χ4v) is 2.85. The molecule has 0 fully saturated rings. The van der Waals surface area contributed by atoms with Crippen LogP contribution in [0.3, 0.4) is 0 Å². The molecule has 1 unspecified atom stereocenters. The fourth-order valence-electron chi connectivity index (χ4n) is 2.47. The summed E-state index contributed by atoms with van der Waals surface area (Å²) in [6.07, 6.45) is 3.33. The molecule has 100 valence electrons. The first-order valence-corrected chi connectivity index (χ1v) is 6.88. The fraction of sp³-hybridized carbons (Fsp3) is 0.0625. The van der Waals surface area contributed by atoms with Crippen LogP contribution in [-0.4, -0.2) is 10.8 Å². The lowest BCUT2D eigenvalue weighted by molar-refractivity contribution is 0.625. The van der Waals surface area contributed by atoms with Crippen molar-refractivity contribution in [1.29, 1.82) is 5.41 Å². The zero-order valence-corrected chi connectivity index (χ0v) is 12.0. The van der Waals surface area contributed by atoms with Gasteiger partial charge in [0, 0.05) is 35.4 Å². The molecule has 1 heterocycles. The molecule has 4 heteroatoms. The molecule has 0 amide bonds. The summed E-state index contributed by atoms with van der Waals surface area (Å²) < 4.78 is 15.5. The number of benzene rings is 2. The van der Waals surface area contributed by atoms with Crippen molar-refractivity contribution in [1.82, 2.24) is 4.57 Å². The standard InChI is InChI=1S/C16H14FN2P/c17-13-6-11(7-14(20)8-13)10-19-5-4-15-12(9-18)2-1-3-16(15)19/h1-9,18H,10,20H2. The number of rotatable bonds is 3. The summed E-state index contributed by atoms with van der Waals surface area (Å²) in [5.74, 6) is -0.218. The van der Waals surface area contributed by atoms with Crippen LogP contribution in [0, 0.1) is 11.2 Å². The van der Waals surface area contributed by atoms with Crippen molar-refractivity contribution in [2.75, 3.05) is 0 Å². The second-order valence-corrected chi connectivity index (χ2v) is 5.43. The molecule has 0 aliphatic heterocycles. The number of fused-ring (bicyclic) bond motifs is 1. The monoisotopic (exact) mass is 284 g/mol. The number of hydrogen-bond acceptors (Lipinski definition) is 1. The second kappa shape index (κ2) is 5.18. The zero-order chi connectivity index (χ0) is 14.1.